The molecule has 2 aromatic carbocycles. The molecule has 4 rings (SSSR count). The number of carbonyl (C=O) groups excluding carboxylic acids is 1. The first kappa shape index (κ1) is 20.5. The number of para-hydroxylation sites is 1. The monoisotopic (exact) mass is 432 g/mol. The zero-order chi connectivity index (χ0) is 21.3. The number of sulfonamides is 1. The number of methoxy groups -OCH3 is 2. The van der Waals surface area contributed by atoms with Gasteiger partial charge in [0.1, 0.15) is 6.61 Å². The molecule has 30 heavy (non-hydrogen) atoms. The van der Waals surface area contributed by atoms with E-state index in [1.807, 2.05) is 24.3 Å². The van der Waals surface area contributed by atoms with Crippen molar-refractivity contribution in [2.45, 2.75) is 30.4 Å². The Bertz CT molecular complexity index is 1050. The third kappa shape index (κ3) is 3.59. The molecule has 2 heterocycles. The number of amides is 1. The van der Waals surface area contributed by atoms with Crippen LogP contribution < -0.4 is 14.4 Å². The first-order valence-corrected chi connectivity index (χ1v) is 11.2. The number of hydrogen-bond donors (Lipinski definition) is 0. The van der Waals surface area contributed by atoms with Crippen LogP contribution in [0.25, 0.3) is 0 Å². The quantitative estimate of drug-likeness (QED) is 0.722. The van der Waals surface area contributed by atoms with Crippen LogP contribution in [0.2, 0.25) is 0 Å². The molecule has 0 radical (unpaired) electrons. The molecule has 2 aliphatic rings. The Labute approximate surface area is 176 Å². The predicted molar refractivity (Wildman–Crippen MR) is 110 cm³/mol. The molecule has 0 aromatic heterocycles. The van der Waals surface area contributed by atoms with E-state index in [2.05, 4.69) is 0 Å². The molecule has 0 spiro atoms. The van der Waals surface area contributed by atoms with Crippen LogP contribution in [0.3, 0.4) is 0 Å². The van der Waals surface area contributed by atoms with Gasteiger partial charge in [0.25, 0.3) is 0 Å². The van der Waals surface area contributed by atoms with Gasteiger partial charge in [0.15, 0.2) is 11.5 Å². The maximum absolute atomic E-state index is 13.1. The Kier molecular flexibility index (Phi) is 5.57. The summed E-state index contributed by atoms with van der Waals surface area (Å²) in [5.74, 6) is 0.832. The van der Waals surface area contributed by atoms with Gasteiger partial charge in [0.2, 0.25) is 10.0 Å². The fourth-order valence-corrected chi connectivity index (χ4v) is 5.47. The Morgan fingerprint density at radius 1 is 1.00 bits per heavy atom. The van der Waals surface area contributed by atoms with Crippen LogP contribution in [-0.2, 0) is 21.4 Å². The SMILES string of the molecule is COc1ccc(S(=O)(=O)N2CCC(N3C(=O)OCc4ccccc43)CC2)cc1OC. The number of fused-ring (bicyclic) bond motifs is 1. The number of nitrogens with zero attached hydrogens (tertiary/aromatic N) is 2. The molecule has 0 saturated carbocycles. The van der Waals surface area contributed by atoms with E-state index in [9.17, 15) is 13.2 Å². The van der Waals surface area contributed by atoms with Crippen LogP contribution in [-0.4, -0.2) is 52.2 Å². The second-order valence-electron chi connectivity index (χ2n) is 7.21. The normalized spacial score (nSPS) is 17.9. The molecule has 8 nitrogen and oxygen atoms in total. The Hall–Kier alpha value is -2.78. The van der Waals surface area contributed by atoms with E-state index in [1.54, 1.807) is 11.0 Å². The van der Waals surface area contributed by atoms with Crippen molar-refractivity contribution in [3.63, 3.8) is 0 Å². The summed E-state index contributed by atoms with van der Waals surface area (Å²) in [4.78, 5) is 14.3. The van der Waals surface area contributed by atoms with Crippen molar-refractivity contribution in [1.82, 2.24) is 4.31 Å². The highest BCUT2D eigenvalue weighted by Gasteiger charge is 2.37. The van der Waals surface area contributed by atoms with Crippen LogP contribution in [0.4, 0.5) is 10.5 Å². The van der Waals surface area contributed by atoms with Gasteiger partial charge < -0.3 is 14.2 Å². The van der Waals surface area contributed by atoms with E-state index in [4.69, 9.17) is 14.2 Å². The molecule has 2 aliphatic heterocycles. The minimum Gasteiger partial charge on any atom is -0.493 e. The highest BCUT2D eigenvalue weighted by molar-refractivity contribution is 7.89. The lowest BCUT2D eigenvalue weighted by molar-refractivity contribution is 0.136. The second kappa shape index (κ2) is 8.16. The molecule has 2 aromatic rings. The highest BCUT2D eigenvalue weighted by atomic mass is 32.2. The van der Waals surface area contributed by atoms with Crippen molar-refractivity contribution in [2.75, 3.05) is 32.2 Å². The van der Waals surface area contributed by atoms with Gasteiger partial charge in [0.05, 0.1) is 24.8 Å². The zero-order valence-electron chi connectivity index (χ0n) is 16.9. The fourth-order valence-electron chi connectivity index (χ4n) is 3.99. The Balaban J connectivity index is 1.52. The number of piperidine rings is 1. The molecule has 1 fully saturated rings. The number of hydrogen-bond acceptors (Lipinski definition) is 6. The smallest absolute Gasteiger partial charge is 0.414 e. The summed E-state index contributed by atoms with van der Waals surface area (Å²) in [6, 6.07) is 12.1. The third-order valence-electron chi connectivity index (χ3n) is 5.58. The van der Waals surface area contributed by atoms with Crippen LogP contribution in [0, 0.1) is 0 Å². The summed E-state index contributed by atoms with van der Waals surface area (Å²) in [5.41, 5.74) is 1.80. The van der Waals surface area contributed by atoms with Crippen molar-refractivity contribution in [1.29, 1.82) is 0 Å². The van der Waals surface area contributed by atoms with E-state index in [1.165, 1.54) is 30.7 Å². The maximum Gasteiger partial charge on any atom is 0.414 e. The van der Waals surface area contributed by atoms with Gasteiger partial charge in [-0.25, -0.2) is 13.2 Å². The predicted octanol–water partition coefficient (Wildman–Crippen LogP) is 3.01. The summed E-state index contributed by atoms with van der Waals surface area (Å²) in [5, 5.41) is 0. The van der Waals surface area contributed by atoms with Gasteiger partial charge in [-0.1, -0.05) is 18.2 Å². The zero-order valence-corrected chi connectivity index (χ0v) is 17.7. The summed E-state index contributed by atoms with van der Waals surface area (Å²) in [7, 11) is -0.717. The van der Waals surface area contributed by atoms with Crippen molar-refractivity contribution in [3.05, 3.63) is 48.0 Å². The van der Waals surface area contributed by atoms with Crippen molar-refractivity contribution < 1.29 is 27.4 Å². The third-order valence-corrected chi connectivity index (χ3v) is 7.48. The average molecular weight is 432 g/mol. The first-order valence-electron chi connectivity index (χ1n) is 9.72. The molecular weight excluding hydrogens is 408 g/mol. The van der Waals surface area contributed by atoms with E-state index in [-0.39, 0.29) is 23.6 Å². The van der Waals surface area contributed by atoms with Gasteiger partial charge in [-0.3, -0.25) is 4.90 Å². The van der Waals surface area contributed by atoms with E-state index >= 15 is 0 Å². The number of carbonyl (C=O) groups is 1. The van der Waals surface area contributed by atoms with E-state index < -0.39 is 10.0 Å². The average Bonchev–Trinajstić information content (AvgIpc) is 2.78. The molecule has 0 unspecified atom stereocenters. The standard InChI is InChI=1S/C21H24N2O6S/c1-27-19-8-7-17(13-20(19)28-2)30(25,26)22-11-9-16(10-12-22)23-18-6-4-3-5-15(18)14-29-21(23)24/h3-8,13,16H,9-12,14H2,1-2H3. The lowest BCUT2D eigenvalue weighted by Gasteiger charge is -2.39. The number of anilines is 1. The second-order valence-corrected chi connectivity index (χ2v) is 9.14. The summed E-state index contributed by atoms with van der Waals surface area (Å²) >= 11 is 0. The van der Waals surface area contributed by atoms with Crippen LogP contribution in [0.1, 0.15) is 18.4 Å². The lowest BCUT2D eigenvalue weighted by atomic mass is 10.0. The Morgan fingerprint density at radius 3 is 2.40 bits per heavy atom. The molecule has 0 aliphatic carbocycles. The first-order chi connectivity index (χ1) is 14.5. The summed E-state index contributed by atoms with van der Waals surface area (Å²) in [6.07, 6.45) is 0.668. The van der Waals surface area contributed by atoms with E-state index in [0.29, 0.717) is 37.4 Å². The Morgan fingerprint density at radius 2 is 1.70 bits per heavy atom. The van der Waals surface area contributed by atoms with Crippen LogP contribution in [0.15, 0.2) is 47.4 Å². The molecular formula is C21H24N2O6S. The molecule has 0 atom stereocenters. The number of cyclic esters (lactones) is 1. The number of benzene rings is 2. The minimum absolute atomic E-state index is 0.115. The van der Waals surface area contributed by atoms with Crippen LogP contribution in [0.5, 0.6) is 11.5 Å². The summed E-state index contributed by atoms with van der Waals surface area (Å²) < 4.78 is 43.4. The van der Waals surface area contributed by atoms with Crippen molar-refractivity contribution >= 4 is 21.8 Å². The van der Waals surface area contributed by atoms with Crippen molar-refractivity contribution in [2.24, 2.45) is 0 Å². The fraction of sp³-hybridized carbons (Fsp3) is 0.381. The van der Waals surface area contributed by atoms with Gasteiger partial charge in [-0.05, 0) is 31.0 Å². The number of rotatable bonds is 5. The highest BCUT2D eigenvalue weighted by Crippen LogP contribution is 2.34. The number of ether oxygens (including phenoxy) is 3. The molecule has 0 N–H and O–H groups in total. The molecule has 0 bridgehead atoms. The molecule has 1 saturated heterocycles. The molecule has 160 valence electrons. The van der Waals surface area contributed by atoms with Gasteiger partial charge in [-0.15, -0.1) is 0 Å². The van der Waals surface area contributed by atoms with Crippen molar-refractivity contribution in [3.8, 4) is 11.5 Å². The molecule has 9 heteroatoms. The van der Waals surface area contributed by atoms with Gasteiger partial charge in [-0.2, -0.15) is 4.31 Å². The van der Waals surface area contributed by atoms with Crippen LogP contribution >= 0.6 is 0 Å². The molecule has 1 amide bonds. The minimum atomic E-state index is -3.68. The largest absolute Gasteiger partial charge is 0.493 e. The van der Waals surface area contributed by atoms with Gasteiger partial charge >= 0.3 is 6.09 Å². The van der Waals surface area contributed by atoms with E-state index in [0.717, 1.165) is 11.3 Å². The summed E-state index contributed by atoms with van der Waals surface area (Å²) in [6.45, 7) is 0.888. The maximum atomic E-state index is 13.1. The van der Waals surface area contributed by atoms with Gasteiger partial charge in [0, 0.05) is 30.8 Å². The lowest BCUT2D eigenvalue weighted by Crippen LogP contribution is -2.50. The topological polar surface area (TPSA) is 85.4 Å².